The first-order valence-corrected chi connectivity index (χ1v) is 9.05. The molecule has 7 heteroatoms. The van der Waals surface area contributed by atoms with E-state index in [1.807, 2.05) is 31.2 Å². The predicted molar refractivity (Wildman–Crippen MR) is 105 cm³/mol. The Morgan fingerprint density at radius 3 is 2.85 bits per heavy atom. The second-order valence-corrected chi connectivity index (χ2v) is 7.15. The van der Waals surface area contributed by atoms with Gasteiger partial charge in [0.15, 0.2) is 5.65 Å². The maximum absolute atomic E-state index is 13.0. The molecule has 1 aromatic carbocycles. The molecule has 2 aromatic heterocycles. The van der Waals surface area contributed by atoms with Gasteiger partial charge in [0.25, 0.3) is 0 Å². The van der Waals surface area contributed by atoms with Crippen LogP contribution in [0.3, 0.4) is 0 Å². The number of rotatable bonds is 3. The fourth-order valence-electron chi connectivity index (χ4n) is 3.82. The molecule has 138 valence electrons. The molecule has 2 N–H and O–H groups in total. The normalized spacial score (nSPS) is 16.8. The van der Waals surface area contributed by atoms with Gasteiger partial charge in [0.05, 0.1) is 23.9 Å². The minimum atomic E-state index is -0.138. The molecule has 4 rings (SSSR count). The van der Waals surface area contributed by atoms with E-state index in [-0.39, 0.29) is 11.7 Å². The maximum Gasteiger partial charge on any atom is 0.330 e. The third-order valence-electron chi connectivity index (χ3n) is 5.22. The van der Waals surface area contributed by atoms with Gasteiger partial charge in [-0.25, -0.2) is 9.78 Å². The number of hydrogen-bond donors (Lipinski definition) is 1. The van der Waals surface area contributed by atoms with E-state index in [1.165, 1.54) is 0 Å². The number of nitrogens with zero attached hydrogens (tertiary/aromatic N) is 5. The third kappa shape index (κ3) is 2.88. The van der Waals surface area contributed by atoms with E-state index < -0.39 is 0 Å². The van der Waals surface area contributed by atoms with E-state index in [0.29, 0.717) is 17.8 Å². The van der Waals surface area contributed by atoms with Crippen molar-refractivity contribution in [1.82, 2.24) is 14.1 Å². The summed E-state index contributed by atoms with van der Waals surface area (Å²) in [5, 5.41) is 9.40. The SMILES string of the molecule is Cc1cc(N2CC[C@@H](N)C2)c2c(n1)n(C)c(=O)n2Cc1ccccc1C#N. The lowest BCUT2D eigenvalue weighted by Gasteiger charge is -2.20. The minimum absolute atomic E-state index is 0.136. The molecule has 1 saturated heterocycles. The summed E-state index contributed by atoms with van der Waals surface area (Å²) in [4.78, 5) is 19.8. The quantitative estimate of drug-likeness (QED) is 0.762. The van der Waals surface area contributed by atoms with Gasteiger partial charge in [-0.1, -0.05) is 18.2 Å². The Kier molecular flexibility index (Phi) is 4.21. The van der Waals surface area contributed by atoms with Gasteiger partial charge in [-0.3, -0.25) is 9.13 Å². The van der Waals surface area contributed by atoms with Crippen LogP contribution in [-0.2, 0) is 13.6 Å². The molecule has 0 unspecified atom stereocenters. The molecule has 3 aromatic rings. The first-order valence-electron chi connectivity index (χ1n) is 9.05. The molecule has 27 heavy (non-hydrogen) atoms. The third-order valence-corrected chi connectivity index (χ3v) is 5.22. The average molecular weight is 362 g/mol. The van der Waals surface area contributed by atoms with E-state index in [0.717, 1.165) is 42.0 Å². The number of fused-ring (bicyclic) bond motifs is 1. The Labute approximate surface area is 157 Å². The van der Waals surface area contributed by atoms with Gasteiger partial charge in [-0.15, -0.1) is 0 Å². The van der Waals surface area contributed by atoms with Crippen molar-refractivity contribution < 1.29 is 0 Å². The van der Waals surface area contributed by atoms with Crippen LogP contribution in [0, 0.1) is 18.3 Å². The predicted octanol–water partition coefficient (Wildman–Crippen LogP) is 1.50. The lowest BCUT2D eigenvalue weighted by atomic mass is 10.1. The van der Waals surface area contributed by atoms with E-state index in [2.05, 4.69) is 16.0 Å². The number of aromatic nitrogens is 3. The minimum Gasteiger partial charge on any atom is -0.368 e. The van der Waals surface area contributed by atoms with Crippen LogP contribution in [0.4, 0.5) is 5.69 Å². The van der Waals surface area contributed by atoms with Gasteiger partial charge in [-0.05, 0) is 31.0 Å². The van der Waals surface area contributed by atoms with Crippen LogP contribution in [0.2, 0.25) is 0 Å². The molecule has 1 aliphatic rings. The first-order chi connectivity index (χ1) is 13.0. The Balaban J connectivity index is 1.94. The second-order valence-electron chi connectivity index (χ2n) is 7.15. The summed E-state index contributed by atoms with van der Waals surface area (Å²) in [6.45, 7) is 3.89. The fraction of sp³-hybridized carbons (Fsp3) is 0.350. The maximum atomic E-state index is 13.0. The van der Waals surface area contributed by atoms with E-state index in [1.54, 1.807) is 22.2 Å². The molecule has 1 aliphatic heterocycles. The second kappa shape index (κ2) is 6.56. The van der Waals surface area contributed by atoms with Crippen LogP contribution in [-0.4, -0.2) is 33.2 Å². The van der Waals surface area contributed by atoms with Gasteiger partial charge < -0.3 is 10.6 Å². The van der Waals surface area contributed by atoms with Gasteiger partial charge in [0.1, 0.15) is 5.52 Å². The summed E-state index contributed by atoms with van der Waals surface area (Å²) < 4.78 is 3.30. The summed E-state index contributed by atoms with van der Waals surface area (Å²) >= 11 is 0. The lowest BCUT2D eigenvalue weighted by Crippen LogP contribution is -2.27. The average Bonchev–Trinajstić information content (AvgIpc) is 3.19. The zero-order chi connectivity index (χ0) is 19.1. The molecule has 0 aliphatic carbocycles. The number of aryl methyl sites for hydroxylation is 2. The highest BCUT2D eigenvalue weighted by molar-refractivity contribution is 5.87. The summed E-state index contributed by atoms with van der Waals surface area (Å²) in [5.74, 6) is 0. The Morgan fingerprint density at radius 1 is 1.37 bits per heavy atom. The number of nitrogens with two attached hydrogens (primary N) is 1. The monoisotopic (exact) mass is 362 g/mol. The van der Waals surface area contributed by atoms with Crippen molar-refractivity contribution in [3.63, 3.8) is 0 Å². The highest BCUT2D eigenvalue weighted by Gasteiger charge is 2.25. The molecular weight excluding hydrogens is 340 g/mol. The van der Waals surface area contributed by atoms with Crippen molar-refractivity contribution in [2.24, 2.45) is 12.8 Å². The number of benzene rings is 1. The van der Waals surface area contributed by atoms with Crippen molar-refractivity contribution in [3.8, 4) is 6.07 Å². The largest absolute Gasteiger partial charge is 0.368 e. The molecule has 1 fully saturated rings. The molecular formula is C20H22N6O. The molecule has 0 amide bonds. The number of nitriles is 1. The first kappa shape index (κ1) is 17.3. The lowest BCUT2D eigenvalue weighted by molar-refractivity contribution is 0.732. The number of imidazole rings is 1. The smallest absolute Gasteiger partial charge is 0.330 e. The van der Waals surface area contributed by atoms with Crippen LogP contribution in [0.1, 0.15) is 23.2 Å². The van der Waals surface area contributed by atoms with E-state index in [9.17, 15) is 10.1 Å². The molecule has 0 radical (unpaired) electrons. The van der Waals surface area contributed by atoms with Gasteiger partial charge >= 0.3 is 5.69 Å². The number of anilines is 1. The number of pyridine rings is 1. The van der Waals surface area contributed by atoms with Gasteiger partial charge in [0, 0.05) is 31.9 Å². The molecule has 7 nitrogen and oxygen atoms in total. The fourth-order valence-corrected chi connectivity index (χ4v) is 3.82. The van der Waals surface area contributed by atoms with Crippen molar-refractivity contribution in [1.29, 1.82) is 5.26 Å². The van der Waals surface area contributed by atoms with Gasteiger partial charge in [0.2, 0.25) is 0 Å². The topological polar surface area (TPSA) is 92.9 Å². The summed E-state index contributed by atoms with van der Waals surface area (Å²) in [6, 6.07) is 11.7. The van der Waals surface area contributed by atoms with Crippen LogP contribution in [0.15, 0.2) is 35.1 Å². The zero-order valence-corrected chi connectivity index (χ0v) is 15.5. The van der Waals surface area contributed by atoms with Crippen molar-refractivity contribution in [2.45, 2.75) is 25.9 Å². The van der Waals surface area contributed by atoms with Crippen LogP contribution >= 0.6 is 0 Å². The van der Waals surface area contributed by atoms with E-state index in [4.69, 9.17) is 5.73 Å². The molecule has 1 atom stereocenters. The van der Waals surface area contributed by atoms with Crippen LogP contribution in [0.25, 0.3) is 11.2 Å². The van der Waals surface area contributed by atoms with Crippen molar-refractivity contribution >= 4 is 16.9 Å². The zero-order valence-electron chi connectivity index (χ0n) is 15.5. The standard InChI is InChI=1S/C20H22N6O/c1-13-9-17(25-8-7-16(22)12-25)18-19(23-13)24(2)20(27)26(18)11-15-6-4-3-5-14(15)10-21/h3-6,9,16H,7-8,11-12,22H2,1-2H3/t16-/m1/s1. The number of hydrogen-bond acceptors (Lipinski definition) is 5. The molecule has 3 heterocycles. The molecule has 0 bridgehead atoms. The van der Waals surface area contributed by atoms with E-state index >= 15 is 0 Å². The Bertz CT molecular complexity index is 1120. The Hall–Kier alpha value is -3.11. The molecule has 0 spiro atoms. The van der Waals surface area contributed by atoms with Gasteiger partial charge in [-0.2, -0.15) is 5.26 Å². The summed E-state index contributed by atoms with van der Waals surface area (Å²) in [5.41, 5.74) is 10.7. The highest BCUT2D eigenvalue weighted by atomic mass is 16.1. The van der Waals surface area contributed by atoms with Crippen molar-refractivity contribution in [3.05, 3.63) is 57.6 Å². The Morgan fingerprint density at radius 2 is 2.15 bits per heavy atom. The van der Waals surface area contributed by atoms with Crippen LogP contribution in [0.5, 0.6) is 0 Å². The summed E-state index contributed by atoms with van der Waals surface area (Å²) in [7, 11) is 1.74. The highest BCUT2D eigenvalue weighted by Crippen LogP contribution is 2.29. The van der Waals surface area contributed by atoms with Crippen LogP contribution < -0.4 is 16.3 Å². The summed E-state index contributed by atoms with van der Waals surface area (Å²) in [6.07, 6.45) is 0.928. The van der Waals surface area contributed by atoms with Crippen molar-refractivity contribution in [2.75, 3.05) is 18.0 Å². The molecule has 0 saturated carbocycles.